The summed E-state index contributed by atoms with van der Waals surface area (Å²) in [6.07, 6.45) is -4.53. The molecule has 6 nitrogen and oxygen atoms in total. The van der Waals surface area contributed by atoms with Crippen LogP contribution in [-0.2, 0) is 11.0 Å². The molecule has 0 fully saturated rings. The Bertz CT molecular complexity index is 675. The third-order valence-electron chi connectivity index (χ3n) is 2.60. The Morgan fingerprint density at radius 1 is 1.17 bits per heavy atom. The van der Waals surface area contributed by atoms with Gasteiger partial charge in [-0.25, -0.2) is 9.78 Å². The first-order valence-corrected chi connectivity index (χ1v) is 6.29. The van der Waals surface area contributed by atoms with Crippen molar-refractivity contribution in [3.63, 3.8) is 0 Å². The van der Waals surface area contributed by atoms with Gasteiger partial charge in [0.25, 0.3) is 0 Å². The molecule has 0 bridgehead atoms. The average Bonchev–Trinajstić information content (AvgIpc) is 2.49. The largest absolute Gasteiger partial charge is 0.418 e. The maximum absolute atomic E-state index is 12.6. The molecule has 2 rings (SSSR count). The van der Waals surface area contributed by atoms with E-state index in [4.69, 9.17) is 9.57 Å². The second-order valence-electron chi connectivity index (χ2n) is 4.27. The number of anilines is 2. The van der Waals surface area contributed by atoms with E-state index in [1.165, 1.54) is 19.2 Å². The van der Waals surface area contributed by atoms with E-state index < -0.39 is 17.8 Å². The van der Waals surface area contributed by atoms with E-state index in [0.717, 1.165) is 12.3 Å². The highest BCUT2D eigenvalue weighted by atomic mass is 19.4. The van der Waals surface area contributed by atoms with Crippen molar-refractivity contribution >= 4 is 17.6 Å². The van der Waals surface area contributed by atoms with Gasteiger partial charge in [0.15, 0.2) is 0 Å². The number of halogens is 3. The molecular weight excluding hydrogens is 315 g/mol. The summed E-state index contributed by atoms with van der Waals surface area (Å²) in [6, 6.07) is 7.68. The number of pyridine rings is 1. The lowest BCUT2D eigenvalue weighted by atomic mass is 10.2. The third-order valence-corrected chi connectivity index (χ3v) is 2.60. The molecule has 0 unspecified atom stereocenters. The lowest BCUT2D eigenvalue weighted by molar-refractivity contribution is -0.137. The van der Waals surface area contributed by atoms with Crippen LogP contribution in [0, 0.1) is 0 Å². The summed E-state index contributed by atoms with van der Waals surface area (Å²) >= 11 is 0. The number of benzene rings is 1. The standard InChI is InChI=1S/C14H12F3N3O3/c1-22-20-10-2-4-11(5-3-10)23-13(21)19-12-8-9(6-7-18-12)14(15,16)17/h2-8,20H,1H3,(H,18,19,21). The molecule has 1 aromatic carbocycles. The number of amides is 1. The van der Waals surface area contributed by atoms with Gasteiger partial charge < -0.3 is 4.74 Å². The Morgan fingerprint density at radius 2 is 1.87 bits per heavy atom. The van der Waals surface area contributed by atoms with Crippen molar-refractivity contribution in [2.75, 3.05) is 17.9 Å². The number of ether oxygens (including phenoxy) is 1. The molecule has 2 N–H and O–H groups in total. The maximum Gasteiger partial charge on any atom is 0.418 e. The van der Waals surface area contributed by atoms with Crippen molar-refractivity contribution < 1.29 is 27.5 Å². The maximum atomic E-state index is 12.6. The average molecular weight is 327 g/mol. The molecule has 1 aromatic heterocycles. The molecule has 9 heteroatoms. The molecule has 0 saturated heterocycles. The van der Waals surface area contributed by atoms with Gasteiger partial charge in [-0.1, -0.05) is 0 Å². The molecule has 23 heavy (non-hydrogen) atoms. The topological polar surface area (TPSA) is 72.5 Å². The summed E-state index contributed by atoms with van der Waals surface area (Å²) < 4.78 is 42.6. The summed E-state index contributed by atoms with van der Waals surface area (Å²) in [5.74, 6) is -0.0568. The van der Waals surface area contributed by atoms with E-state index >= 15 is 0 Å². The fraction of sp³-hybridized carbons (Fsp3) is 0.143. The summed E-state index contributed by atoms with van der Waals surface area (Å²) in [7, 11) is 1.44. The molecule has 0 aliphatic rings. The summed E-state index contributed by atoms with van der Waals surface area (Å²) in [5.41, 5.74) is 2.30. The van der Waals surface area contributed by atoms with Gasteiger partial charge in [0.05, 0.1) is 18.4 Å². The number of alkyl halides is 3. The third kappa shape index (κ3) is 4.85. The summed E-state index contributed by atoms with van der Waals surface area (Å²) in [5, 5.41) is 2.13. The van der Waals surface area contributed by atoms with E-state index in [-0.39, 0.29) is 11.6 Å². The van der Waals surface area contributed by atoms with Crippen LogP contribution in [0.2, 0.25) is 0 Å². The fourth-order valence-electron chi connectivity index (χ4n) is 1.62. The van der Waals surface area contributed by atoms with Crippen molar-refractivity contribution in [2.45, 2.75) is 6.18 Å². The minimum absolute atomic E-state index is 0.205. The molecule has 2 aromatic rings. The number of hydrogen-bond donors (Lipinski definition) is 2. The number of rotatable bonds is 4. The minimum atomic E-state index is -4.52. The van der Waals surface area contributed by atoms with Gasteiger partial charge in [0.1, 0.15) is 11.6 Å². The number of nitrogens with one attached hydrogen (secondary N) is 2. The van der Waals surface area contributed by atoms with E-state index in [1.54, 1.807) is 12.1 Å². The van der Waals surface area contributed by atoms with Crippen LogP contribution in [0.3, 0.4) is 0 Å². The van der Waals surface area contributed by atoms with Crippen molar-refractivity contribution in [1.29, 1.82) is 0 Å². The number of nitrogens with zero attached hydrogens (tertiary/aromatic N) is 1. The molecule has 0 saturated carbocycles. The molecule has 122 valence electrons. The van der Waals surface area contributed by atoms with Crippen molar-refractivity contribution in [3.05, 3.63) is 48.2 Å². The fourth-order valence-corrected chi connectivity index (χ4v) is 1.62. The normalized spacial score (nSPS) is 11.0. The van der Waals surface area contributed by atoms with Crippen molar-refractivity contribution in [3.8, 4) is 5.75 Å². The Balaban J connectivity index is 1.99. The van der Waals surface area contributed by atoms with Crippen LogP contribution >= 0.6 is 0 Å². The highest BCUT2D eigenvalue weighted by Crippen LogP contribution is 2.29. The molecule has 0 aliphatic heterocycles. The number of carbonyl (C=O) groups excluding carboxylic acids is 1. The molecular formula is C14H12F3N3O3. The summed E-state index contributed by atoms with van der Waals surface area (Å²) in [4.78, 5) is 20.0. The SMILES string of the molecule is CONc1ccc(OC(=O)Nc2cc(C(F)(F)F)ccn2)cc1. The molecule has 1 amide bonds. The highest BCUT2D eigenvalue weighted by Gasteiger charge is 2.30. The van der Waals surface area contributed by atoms with Crippen LogP contribution in [0.4, 0.5) is 29.5 Å². The van der Waals surface area contributed by atoms with Crippen molar-refractivity contribution in [1.82, 2.24) is 4.98 Å². The smallest absolute Gasteiger partial charge is 0.410 e. The second-order valence-corrected chi connectivity index (χ2v) is 4.27. The quantitative estimate of drug-likeness (QED) is 0.838. The van der Waals surface area contributed by atoms with Gasteiger partial charge in [0, 0.05) is 6.20 Å². The number of aromatic nitrogens is 1. The zero-order chi connectivity index (χ0) is 16.9. The van der Waals surface area contributed by atoms with Gasteiger partial charge in [0.2, 0.25) is 0 Å². The molecule has 1 heterocycles. The van der Waals surface area contributed by atoms with Crippen LogP contribution < -0.4 is 15.5 Å². The first-order valence-electron chi connectivity index (χ1n) is 6.29. The summed E-state index contributed by atoms with van der Waals surface area (Å²) in [6.45, 7) is 0. The first kappa shape index (κ1) is 16.6. The second kappa shape index (κ2) is 6.97. The van der Waals surface area contributed by atoms with Gasteiger partial charge in [-0.3, -0.25) is 15.6 Å². The Kier molecular flexibility index (Phi) is 5.02. The van der Waals surface area contributed by atoms with E-state index in [9.17, 15) is 18.0 Å². The van der Waals surface area contributed by atoms with Crippen LogP contribution in [-0.4, -0.2) is 18.2 Å². The Hall–Kier alpha value is -2.81. The molecule has 0 aliphatic carbocycles. The lowest BCUT2D eigenvalue weighted by Crippen LogP contribution is -2.18. The minimum Gasteiger partial charge on any atom is -0.410 e. The van der Waals surface area contributed by atoms with Gasteiger partial charge in [-0.15, -0.1) is 0 Å². The van der Waals surface area contributed by atoms with Crippen molar-refractivity contribution in [2.24, 2.45) is 0 Å². The Morgan fingerprint density at radius 3 is 2.48 bits per heavy atom. The van der Waals surface area contributed by atoms with Crippen LogP contribution in [0.5, 0.6) is 5.75 Å². The zero-order valence-corrected chi connectivity index (χ0v) is 11.8. The van der Waals surface area contributed by atoms with Gasteiger partial charge in [-0.05, 0) is 36.4 Å². The number of hydrogen-bond acceptors (Lipinski definition) is 5. The van der Waals surface area contributed by atoms with Gasteiger partial charge in [-0.2, -0.15) is 13.2 Å². The predicted octanol–water partition coefficient (Wildman–Crippen LogP) is 3.68. The molecule has 0 radical (unpaired) electrons. The first-order chi connectivity index (χ1) is 10.9. The van der Waals surface area contributed by atoms with Crippen LogP contribution in [0.25, 0.3) is 0 Å². The van der Waals surface area contributed by atoms with Gasteiger partial charge >= 0.3 is 12.3 Å². The van der Waals surface area contributed by atoms with Crippen LogP contribution in [0.1, 0.15) is 5.56 Å². The highest BCUT2D eigenvalue weighted by molar-refractivity contribution is 5.85. The Labute approximate surface area is 129 Å². The predicted molar refractivity (Wildman–Crippen MR) is 76.0 cm³/mol. The monoisotopic (exact) mass is 327 g/mol. The zero-order valence-electron chi connectivity index (χ0n) is 11.8. The van der Waals surface area contributed by atoms with E-state index in [1.807, 2.05) is 0 Å². The number of carbonyl (C=O) groups is 1. The van der Waals surface area contributed by atoms with E-state index in [2.05, 4.69) is 15.8 Å². The molecule has 0 spiro atoms. The van der Waals surface area contributed by atoms with E-state index in [0.29, 0.717) is 11.8 Å². The van der Waals surface area contributed by atoms with Crippen LogP contribution in [0.15, 0.2) is 42.6 Å². The lowest BCUT2D eigenvalue weighted by Gasteiger charge is -2.09. The molecule has 0 atom stereocenters.